The average Bonchev–Trinajstić information content (AvgIpc) is 3.71. The maximum Gasteiger partial charge on any atom is 0.146 e. The molecule has 10 rings (SSSR count). The van der Waals surface area contributed by atoms with Crippen LogP contribution in [0.25, 0.3) is 91.7 Å². The highest BCUT2D eigenvalue weighted by Gasteiger charge is 2.21. The minimum Gasteiger partial charge on any atom is -0.292 e. The van der Waals surface area contributed by atoms with Gasteiger partial charge < -0.3 is 0 Å². The molecule has 2 heterocycles. The number of hydrogen-bond donors (Lipinski definition) is 0. The van der Waals surface area contributed by atoms with E-state index in [9.17, 15) is 0 Å². The molecule has 2 aromatic heterocycles. The van der Waals surface area contributed by atoms with Gasteiger partial charge in [-0.05, 0) is 63.0 Å². The number of nitrogens with zero attached hydrogens (tertiary/aromatic N) is 2. The zero-order valence-corrected chi connectivity index (χ0v) is 25.6. The van der Waals surface area contributed by atoms with Crippen molar-refractivity contribution in [1.82, 2.24) is 9.55 Å². The van der Waals surface area contributed by atoms with Crippen molar-refractivity contribution < 1.29 is 0 Å². The molecule has 0 radical (unpaired) electrons. The summed E-state index contributed by atoms with van der Waals surface area (Å²) in [4.78, 5) is 5.52. The minimum atomic E-state index is 0.949. The van der Waals surface area contributed by atoms with Gasteiger partial charge in [-0.1, -0.05) is 127 Å². The predicted octanol–water partition coefficient (Wildman–Crippen LogP) is 12.2. The first-order chi connectivity index (χ1) is 22.8. The smallest absolute Gasteiger partial charge is 0.146 e. The maximum absolute atomic E-state index is 5.52. The van der Waals surface area contributed by atoms with Gasteiger partial charge in [0.1, 0.15) is 5.82 Å². The molecule has 10 aromatic rings. The Morgan fingerprint density at radius 1 is 0.435 bits per heavy atom. The van der Waals surface area contributed by atoms with E-state index in [-0.39, 0.29) is 0 Å². The van der Waals surface area contributed by atoms with E-state index in [0.29, 0.717) is 0 Å². The number of rotatable bonds is 3. The lowest BCUT2D eigenvalue weighted by Crippen LogP contribution is -1.99. The summed E-state index contributed by atoms with van der Waals surface area (Å²) in [5, 5.41) is 9.86. The van der Waals surface area contributed by atoms with Crippen molar-refractivity contribution in [1.29, 1.82) is 0 Å². The van der Waals surface area contributed by atoms with E-state index in [2.05, 4.69) is 162 Å². The lowest BCUT2D eigenvalue weighted by atomic mass is 9.99. The summed E-state index contributed by atoms with van der Waals surface area (Å²) < 4.78 is 5.04. The van der Waals surface area contributed by atoms with Crippen molar-refractivity contribution in [3.05, 3.63) is 158 Å². The molecule has 3 heteroatoms. The normalized spacial score (nSPS) is 11.9. The minimum absolute atomic E-state index is 0.949. The fraction of sp³-hybridized carbons (Fsp3) is 0. The summed E-state index contributed by atoms with van der Waals surface area (Å²) >= 11 is 1.86. The van der Waals surface area contributed by atoms with E-state index >= 15 is 0 Å². The number of thiophene rings is 1. The molecule has 46 heavy (non-hydrogen) atoms. The zero-order valence-electron chi connectivity index (χ0n) is 24.8. The molecule has 0 N–H and O–H groups in total. The lowest BCUT2D eigenvalue weighted by molar-refractivity contribution is 1.11. The Kier molecular flexibility index (Phi) is 5.48. The van der Waals surface area contributed by atoms with Gasteiger partial charge in [-0.25, -0.2) is 4.98 Å². The van der Waals surface area contributed by atoms with Crippen LogP contribution in [0.15, 0.2) is 158 Å². The molecule has 0 saturated heterocycles. The second-order valence-corrected chi connectivity index (χ2v) is 13.0. The van der Waals surface area contributed by atoms with Gasteiger partial charge in [-0.2, -0.15) is 0 Å². The first-order valence-corrected chi connectivity index (χ1v) is 16.5. The third-order valence-corrected chi connectivity index (χ3v) is 10.5. The van der Waals surface area contributed by atoms with Gasteiger partial charge in [0.15, 0.2) is 0 Å². The maximum atomic E-state index is 5.52. The van der Waals surface area contributed by atoms with E-state index in [0.717, 1.165) is 28.1 Å². The molecular weight excluding hydrogens is 577 g/mol. The van der Waals surface area contributed by atoms with E-state index in [1.54, 1.807) is 0 Å². The van der Waals surface area contributed by atoms with E-state index in [4.69, 9.17) is 4.98 Å². The Bertz CT molecular complexity index is 2810. The van der Waals surface area contributed by atoms with Gasteiger partial charge in [0.05, 0.1) is 11.0 Å². The molecule has 0 fully saturated rings. The Labute approximate surface area is 269 Å². The van der Waals surface area contributed by atoms with Crippen LogP contribution < -0.4 is 0 Å². The monoisotopic (exact) mass is 602 g/mol. The SMILES string of the molecule is c1cc(-c2ccc3sc4ccccc4c3c2)cc(-n2c(-c3cccc4ccccc34)nc3c4ccccc4c4ccccc4c32)c1. The van der Waals surface area contributed by atoms with Crippen molar-refractivity contribution >= 4 is 74.9 Å². The molecule has 0 unspecified atom stereocenters. The second kappa shape index (κ2) is 9.87. The second-order valence-electron chi connectivity index (χ2n) is 11.9. The molecule has 0 bridgehead atoms. The molecule has 0 atom stereocenters. The molecule has 214 valence electrons. The molecule has 0 aliphatic rings. The van der Waals surface area contributed by atoms with Crippen LogP contribution in [0.3, 0.4) is 0 Å². The van der Waals surface area contributed by atoms with Gasteiger partial charge in [0.2, 0.25) is 0 Å². The van der Waals surface area contributed by atoms with Gasteiger partial charge in [-0.15, -0.1) is 11.3 Å². The van der Waals surface area contributed by atoms with Gasteiger partial charge in [0, 0.05) is 42.2 Å². The molecule has 0 aliphatic carbocycles. The Hall–Kier alpha value is -5.77. The standard InChI is InChI=1S/C43H26N2S/c1-2-15-31-27(11-1)12-10-21-37(31)43-44-41-35-19-5-3-16-32(35)33-17-4-6-20-36(33)42(41)45(43)30-14-9-13-28(25-30)29-23-24-40-38(26-29)34-18-7-8-22-39(34)46-40/h1-26H. The number of aromatic nitrogens is 2. The predicted molar refractivity (Wildman–Crippen MR) is 197 cm³/mol. The summed E-state index contributed by atoms with van der Waals surface area (Å²) in [7, 11) is 0. The highest BCUT2D eigenvalue weighted by Crippen LogP contribution is 2.41. The average molecular weight is 603 g/mol. The summed E-state index contributed by atoms with van der Waals surface area (Å²) in [6, 6.07) is 57.2. The van der Waals surface area contributed by atoms with Crippen molar-refractivity contribution in [3.8, 4) is 28.2 Å². The van der Waals surface area contributed by atoms with Gasteiger partial charge in [0.25, 0.3) is 0 Å². The summed E-state index contributed by atoms with van der Waals surface area (Å²) in [5.41, 5.74) is 6.77. The quantitative estimate of drug-likeness (QED) is 0.184. The molecule has 0 amide bonds. The fourth-order valence-corrected chi connectivity index (χ4v) is 8.37. The van der Waals surface area contributed by atoms with Crippen LogP contribution in [0.1, 0.15) is 0 Å². The Morgan fingerprint density at radius 3 is 1.93 bits per heavy atom. The largest absolute Gasteiger partial charge is 0.292 e. The van der Waals surface area contributed by atoms with E-state index in [1.165, 1.54) is 63.6 Å². The van der Waals surface area contributed by atoms with Crippen molar-refractivity contribution in [2.24, 2.45) is 0 Å². The molecule has 2 nitrogen and oxygen atoms in total. The first-order valence-electron chi connectivity index (χ1n) is 15.6. The molecule has 0 spiro atoms. The highest BCUT2D eigenvalue weighted by atomic mass is 32.1. The van der Waals surface area contributed by atoms with Crippen molar-refractivity contribution in [2.45, 2.75) is 0 Å². The third kappa shape index (κ3) is 3.73. The lowest BCUT2D eigenvalue weighted by Gasteiger charge is -2.15. The molecule has 8 aromatic carbocycles. The topological polar surface area (TPSA) is 17.8 Å². The number of hydrogen-bond acceptors (Lipinski definition) is 2. The van der Waals surface area contributed by atoms with Crippen LogP contribution >= 0.6 is 11.3 Å². The molecule has 0 saturated carbocycles. The van der Waals surface area contributed by atoms with Crippen molar-refractivity contribution in [2.75, 3.05) is 0 Å². The summed E-state index contributed by atoms with van der Waals surface area (Å²) in [5.74, 6) is 0.949. The van der Waals surface area contributed by atoms with Crippen LogP contribution in [-0.2, 0) is 0 Å². The van der Waals surface area contributed by atoms with Gasteiger partial charge >= 0.3 is 0 Å². The fourth-order valence-electron chi connectivity index (χ4n) is 7.29. The third-order valence-electron chi connectivity index (χ3n) is 9.38. The van der Waals surface area contributed by atoms with Crippen LogP contribution in [-0.4, -0.2) is 9.55 Å². The number of fused-ring (bicyclic) bond motifs is 10. The van der Waals surface area contributed by atoms with E-state index in [1.807, 2.05) is 11.3 Å². The summed E-state index contributed by atoms with van der Waals surface area (Å²) in [6.45, 7) is 0. The van der Waals surface area contributed by atoms with Crippen LogP contribution in [0.2, 0.25) is 0 Å². The summed E-state index contributed by atoms with van der Waals surface area (Å²) in [6.07, 6.45) is 0. The highest BCUT2D eigenvalue weighted by molar-refractivity contribution is 7.25. The molecular formula is C43H26N2S. The number of imidazole rings is 1. The number of benzene rings is 8. The van der Waals surface area contributed by atoms with Crippen LogP contribution in [0.4, 0.5) is 0 Å². The first kappa shape index (κ1) is 25.5. The van der Waals surface area contributed by atoms with Crippen LogP contribution in [0.5, 0.6) is 0 Å². The van der Waals surface area contributed by atoms with Crippen molar-refractivity contribution in [3.63, 3.8) is 0 Å². The Balaban J connectivity index is 1.30. The van der Waals surface area contributed by atoms with Gasteiger partial charge in [-0.3, -0.25) is 4.57 Å². The molecule has 0 aliphatic heterocycles. The van der Waals surface area contributed by atoms with E-state index < -0.39 is 0 Å². The van der Waals surface area contributed by atoms with Crippen LogP contribution in [0, 0.1) is 0 Å². The zero-order chi connectivity index (χ0) is 30.2. The Morgan fingerprint density at radius 2 is 1.07 bits per heavy atom.